The van der Waals surface area contributed by atoms with Crippen molar-refractivity contribution in [2.75, 3.05) is 6.61 Å². The topological polar surface area (TPSA) is 81.3 Å². The number of fused-ring (bicyclic) bond motifs is 1. The number of carbonyl (C=O) groups is 1. The molecule has 0 aliphatic rings. The second-order valence-electron chi connectivity index (χ2n) is 7.37. The zero-order valence-corrected chi connectivity index (χ0v) is 16.7. The molecule has 1 heterocycles. The van der Waals surface area contributed by atoms with E-state index in [1.807, 2.05) is 24.3 Å². The minimum atomic E-state index is -0.553. The smallest absolute Gasteiger partial charge is 0.344 e. The van der Waals surface area contributed by atoms with Gasteiger partial charge in [-0.25, -0.2) is 9.78 Å². The van der Waals surface area contributed by atoms with Crippen molar-refractivity contribution in [2.24, 2.45) is 0 Å². The van der Waals surface area contributed by atoms with E-state index in [1.54, 1.807) is 18.2 Å². The molecule has 0 atom stereocenters. The van der Waals surface area contributed by atoms with E-state index < -0.39 is 5.97 Å². The van der Waals surface area contributed by atoms with Crippen LogP contribution in [0.15, 0.2) is 47.3 Å². The number of ether oxygens (including phenoxy) is 2. The van der Waals surface area contributed by atoms with Crippen LogP contribution in [-0.4, -0.2) is 22.5 Å². The number of aromatic nitrogens is 2. The Morgan fingerprint density at radius 3 is 2.68 bits per heavy atom. The predicted molar refractivity (Wildman–Crippen MR) is 108 cm³/mol. The van der Waals surface area contributed by atoms with Crippen LogP contribution in [0.1, 0.15) is 32.2 Å². The molecular weight excluding hydrogens is 380 g/mol. The van der Waals surface area contributed by atoms with Crippen LogP contribution in [0.3, 0.4) is 0 Å². The monoisotopic (exact) mass is 400 g/mol. The Kier molecular flexibility index (Phi) is 5.70. The molecule has 28 heavy (non-hydrogen) atoms. The van der Waals surface area contributed by atoms with Crippen LogP contribution < -0.4 is 10.3 Å². The number of benzene rings is 2. The molecule has 0 spiro atoms. The predicted octanol–water partition coefficient (Wildman–Crippen LogP) is 4.00. The molecule has 0 radical (unpaired) electrons. The van der Waals surface area contributed by atoms with Gasteiger partial charge in [0.05, 0.1) is 10.9 Å². The van der Waals surface area contributed by atoms with Gasteiger partial charge in [-0.05, 0) is 35.2 Å². The Hall–Kier alpha value is -2.86. The number of halogens is 1. The fourth-order valence-corrected chi connectivity index (χ4v) is 2.94. The Morgan fingerprint density at radius 2 is 1.93 bits per heavy atom. The number of H-pyrrole nitrogens is 1. The summed E-state index contributed by atoms with van der Waals surface area (Å²) in [6, 6.07) is 12.4. The van der Waals surface area contributed by atoms with Crippen LogP contribution in [0.25, 0.3) is 10.9 Å². The maximum Gasteiger partial charge on any atom is 0.344 e. The highest BCUT2D eigenvalue weighted by Crippen LogP contribution is 2.30. The Labute approximate surface area is 167 Å². The number of nitrogens with one attached hydrogen (secondary N) is 1. The minimum Gasteiger partial charge on any atom is -0.482 e. The van der Waals surface area contributed by atoms with E-state index in [-0.39, 0.29) is 30.0 Å². The summed E-state index contributed by atoms with van der Waals surface area (Å²) in [5.41, 5.74) is 1.03. The fraction of sp³-hybridized carbons (Fsp3) is 0.286. The number of hydrogen-bond donors (Lipinski definition) is 1. The number of para-hydroxylation sites is 1. The van der Waals surface area contributed by atoms with E-state index >= 15 is 0 Å². The summed E-state index contributed by atoms with van der Waals surface area (Å²) >= 11 is 5.89. The van der Waals surface area contributed by atoms with E-state index in [2.05, 4.69) is 30.7 Å². The van der Waals surface area contributed by atoms with Gasteiger partial charge in [-0.2, -0.15) is 0 Å². The third kappa shape index (κ3) is 4.70. The van der Waals surface area contributed by atoms with Gasteiger partial charge < -0.3 is 14.5 Å². The first kappa shape index (κ1) is 19.9. The van der Waals surface area contributed by atoms with Gasteiger partial charge in [0.1, 0.15) is 18.2 Å². The Bertz CT molecular complexity index is 1070. The summed E-state index contributed by atoms with van der Waals surface area (Å²) in [6.07, 6.45) is 0. The first-order valence-corrected chi connectivity index (χ1v) is 9.18. The van der Waals surface area contributed by atoms with Crippen LogP contribution in [0, 0.1) is 0 Å². The first-order valence-electron chi connectivity index (χ1n) is 8.80. The number of aromatic amines is 1. The lowest BCUT2D eigenvalue weighted by Gasteiger charge is -2.22. The second kappa shape index (κ2) is 8.02. The summed E-state index contributed by atoms with van der Waals surface area (Å²) < 4.78 is 10.8. The fourth-order valence-electron chi connectivity index (χ4n) is 2.77. The van der Waals surface area contributed by atoms with Crippen LogP contribution in [0.5, 0.6) is 5.75 Å². The van der Waals surface area contributed by atoms with Gasteiger partial charge in [-0.1, -0.05) is 50.6 Å². The summed E-state index contributed by atoms with van der Waals surface area (Å²) in [6.45, 7) is 5.82. The van der Waals surface area contributed by atoms with Crippen LogP contribution in [0.2, 0.25) is 5.02 Å². The van der Waals surface area contributed by atoms with Crippen molar-refractivity contribution in [3.63, 3.8) is 0 Å². The average molecular weight is 401 g/mol. The summed E-state index contributed by atoms with van der Waals surface area (Å²) in [7, 11) is 0. The lowest BCUT2D eigenvalue weighted by molar-refractivity contribution is -0.147. The first-order chi connectivity index (χ1) is 13.2. The van der Waals surface area contributed by atoms with Crippen molar-refractivity contribution in [1.82, 2.24) is 9.97 Å². The largest absolute Gasteiger partial charge is 0.482 e. The second-order valence-corrected chi connectivity index (χ2v) is 7.81. The highest BCUT2D eigenvalue weighted by molar-refractivity contribution is 6.31. The lowest BCUT2D eigenvalue weighted by atomic mass is 9.86. The van der Waals surface area contributed by atoms with E-state index in [0.717, 1.165) is 5.56 Å². The highest BCUT2D eigenvalue weighted by atomic mass is 35.5. The molecule has 0 fully saturated rings. The van der Waals surface area contributed by atoms with Gasteiger partial charge in [0, 0.05) is 5.02 Å². The molecule has 1 aromatic heterocycles. The Morgan fingerprint density at radius 1 is 1.18 bits per heavy atom. The lowest BCUT2D eigenvalue weighted by Crippen LogP contribution is -2.19. The highest BCUT2D eigenvalue weighted by Gasteiger charge is 2.19. The van der Waals surface area contributed by atoms with Crippen molar-refractivity contribution in [1.29, 1.82) is 0 Å². The van der Waals surface area contributed by atoms with Crippen molar-refractivity contribution in [3.05, 3.63) is 69.2 Å². The SMILES string of the molecule is CC(C)(C)c1ccccc1OCC(=O)OCc1nc2ccc(Cl)cc2c(=O)[nH]1. The van der Waals surface area contributed by atoms with Crippen molar-refractivity contribution in [3.8, 4) is 5.75 Å². The third-order valence-electron chi connectivity index (χ3n) is 4.13. The molecule has 0 saturated heterocycles. The zero-order chi connectivity index (χ0) is 20.3. The van der Waals surface area contributed by atoms with E-state index in [1.165, 1.54) is 0 Å². The molecule has 146 valence electrons. The van der Waals surface area contributed by atoms with Gasteiger partial charge >= 0.3 is 5.97 Å². The van der Waals surface area contributed by atoms with Gasteiger partial charge in [-0.3, -0.25) is 4.79 Å². The van der Waals surface area contributed by atoms with Gasteiger partial charge in [0.2, 0.25) is 0 Å². The third-order valence-corrected chi connectivity index (χ3v) is 4.36. The number of rotatable bonds is 5. The molecule has 0 unspecified atom stereocenters. The maximum absolute atomic E-state index is 12.1. The van der Waals surface area contributed by atoms with Crippen molar-refractivity contribution < 1.29 is 14.3 Å². The summed E-state index contributed by atoms with van der Waals surface area (Å²) in [5.74, 6) is 0.340. The molecular formula is C21H21ClN2O4. The van der Waals surface area contributed by atoms with Crippen LogP contribution in [-0.2, 0) is 21.6 Å². The molecule has 0 aliphatic carbocycles. The zero-order valence-electron chi connectivity index (χ0n) is 15.9. The number of hydrogen-bond acceptors (Lipinski definition) is 5. The number of carbonyl (C=O) groups excluding carboxylic acids is 1. The van der Waals surface area contributed by atoms with Crippen LogP contribution >= 0.6 is 11.6 Å². The summed E-state index contributed by atoms with van der Waals surface area (Å²) in [4.78, 5) is 31.1. The molecule has 2 aromatic carbocycles. The van der Waals surface area contributed by atoms with E-state index in [4.69, 9.17) is 21.1 Å². The molecule has 0 saturated carbocycles. The summed E-state index contributed by atoms with van der Waals surface area (Å²) in [5, 5.41) is 0.830. The van der Waals surface area contributed by atoms with E-state index in [0.29, 0.717) is 21.7 Å². The molecule has 0 bridgehead atoms. The molecule has 6 nitrogen and oxygen atoms in total. The van der Waals surface area contributed by atoms with Gasteiger partial charge in [0.15, 0.2) is 6.61 Å². The maximum atomic E-state index is 12.1. The molecule has 1 N–H and O–H groups in total. The molecule has 0 aliphatic heterocycles. The Balaban J connectivity index is 1.63. The normalized spacial score (nSPS) is 11.4. The number of nitrogens with zero attached hydrogens (tertiary/aromatic N) is 1. The molecule has 7 heteroatoms. The standard InChI is InChI=1S/C21H21ClN2O4/c1-21(2,3)15-6-4-5-7-17(15)27-12-19(25)28-11-18-23-16-9-8-13(22)10-14(16)20(26)24-18/h4-10H,11-12H2,1-3H3,(H,23,24,26). The van der Waals surface area contributed by atoms with Gasteiger partial charge in [0.25, 0.3) is 5.56 Å². The van der Waals surface area contributed by atoms with Crippen molar-refractivity contribution >= 4 is 28.5 Å². The molecule has 0 amide bonds. The molecule has 3 aromatic rings. The van der Waals surface area contributed by atoms with Crippen LogP contribution in [0.4, 0.5) is 0 Å². The quantitative estimate of drug-likeness (QED) is 0.655. The minimum absolute atomic E-state index is 0.113. The molecule has 3 rings (SSSR count). The number of esters is 1. The van der Waals surface area contributed by atoms with E-state index in [9.17, 15) is 9.59 Å². The van der Waals surface area contributed by atoms with Crippen molar-refractivity contribution in [2.45, 2.75) is 32.8 Å². The van der Waals surface area contributed by atoms with Gasteiger partial charge in [-0.15, -0.1) is 0 Å². The average Bonchev–Trinajstić information content (AvgIpc) is 2.65.